The average Bonchev–Trinajstić information content (AvgIpc) is 3.42. The summed E-state index contributed by atoms with van der Waals surface area (Å²) in [4.78, 5) is 23.8. The number of halogens is 1. The maximum absolute atomic E-state index is 12.1. The predicted octanol–water partition coefficient (Wildman–Crippen LogP) is 4.00. The highest BCUT2D eigenvalue weighted by Crippen LogP contribution is 2.30. The molecule has 0 radical (unpaired) electrons. The Morgan fingerprint density at radius 2 is 1.72 bits per heavy atom. The Hall–Kier alpha value is -2.09. The minimum Gasteiger partial charge on any atom is -0.376 e. The Bertz CT molecular complexity index is 786. The lowest BCUT2D eigenvalue weighted by molar-refractivity contribution is -0.117. The lowest BCUT2D eigenvalue weighted by Crippen LogP contribution is -2.22. The molecule has 130 valence electrons. The summed E-state index contributed by atoms with van der Waals surface area (Å²) in [5.74, 6) is 0.176. The Balaban J connectivity index is 1.49. The summed E-state index contributed by atoms with van der Waals surface area (Å²) in [7, 11) is 0. The van der Waals surface area contributed by atoms with Gasteiger partial charge in [-0.3, -0.25) is 9.59 Å². The van der Waals surface area contributed by atoms with Gasteiger partial charge in [-0.05, 0) is 90.4 Å². The normalized spacial score (nSPS) is 13.2. The van der Waals surface area contributed by atoms with Gasteiger partial charge in [0.15, 0.2) is 0 Å². The summed E-state index contributed by atoms with van der Waals surface area (Å²) < 4.78 is 1.14. The molecule has 0 atom stereocenters. The van der Waals surface area contributed by atoms with Crippen molar-refractivity contribution in [2.75, 3.05) is 22.5 Å². The number of rotatable bonds is 6. The number of carbonyl (C=O) groups excluding carboxylic acids is 2. The van der Waals surface area contributed by atoms with Crippen molar-refractivity contribution in [1.82, 2.24) is 0 Å². The minimum absolute atomic E-state index is 0.0907. The van der Waals surface area contributed by atoms with Gasteiger partial charge in [-0.25, -0.2) is 0 Å². The molecule has 0 aromatic heterocycles. The van der Waals surface area contributed by atoms with Crippen LogP contribution in [-0.2, 0) is 9.59 Å². The number of hydrogen-bond acceptors (Lipinski definition) is 3. The van der Waals surface area contributed by atoms with Gasteiger partial charge in [0, 0.05) is 26.6 Å². The average molecular weight is 449 g/mol. The van der Waals surface area contributed by atoms with E-state index in [1.54, 1.807) is 0 Å². The Kier molecular flexibility index (Phi) is 5.57. The fourth-order valence-corrected chi connectivity index (χ4v) is 3.05. The van der Waals surface area contributed by atoms with Crippen LogP contribution in [0.2, 0.25) is 0 Å². The van der Waals surface area contributed by atoms with Crippen molar-refractivity contribution in [2.24, 2.45) is 5.92 Å². The first-order chi connectivity index (χ1) is 12.0. The van der Waals surface area contributed by atoms with Gasteiger partial charge < -0.3 is 16.0 Å². The van der Waals surface area contributed by atoms with Gasteiger partial charge in [-0.15, -0.1) is 0 Å². The molecule has 2 aromatic carbocycles. The van der Waals surface area contributed by atoms with Gasteiger partial charge >= 0.3 is 0 Å². The SMILES string of the molecule is Cc1cc(I)ccc1NC(=O)CNc1ccc(NC(=O)C2CC2)cc1. The van der Waals surface area contributed by atoms with Gasteiger partial charge in [-0.2, -0.15) is 0 Å². The number of amides is 2. The second-order valence-electron chi connectivity index (χ2n) is 6.20. The van der Waals surface area contributed by atoms with Crippen LogP contribution in [0.25, 0.3) is 0 Å². The van der Waals surface area contributed by atoms with Crippen LogP contribution in [0.1, 0.15) is 18.4 Å². The number of hydrogen-bond donors (Lipinski definition) is 3. The summed E-state index contributed by atoms with van der Waals surface area (Å²) in [6.07, 6.45) is 1.97. The number of anilines is 3. The van der Waals surface area contributed by atoms with E-state index in [0.717, 1.165) is 39.0 Å². The molecule has 0 bridgehead atoms. The van der Waals surface area contributed by atoms with Crippen LogP contribution in [0.4, 0.5) is 17.1 Å². The van der Waals surface area contributed by atoms with E-state index >= 15 is 0 Å². The van der Waals surface area contributed by atoms with Crippen LogP contribution in [0.5, 0.6) is 0 Å². The van der Waals surface area contributed by atoms with Crippen LogP contribution >= 0.6 is 22.6 Å². The molecule has 3 N–H and O–H groups in total. The Morgan fingerprint density at radius 3 is 2.36 bits per heavy atom. The highest BCUT2D eigenvalue weighted by atomic mass is 127. The van der Waals surface area contributed by atoms with E-state index in [4.69, 9.17) is 0 Å². The molecule has 25 heavy (non-hydrogen) atoms. The second-order valence-corrected chi connectivity index (χ2v) is 7.45. The summed E-state index contributed by atoms with van der Waals surface area (Å²) >= 11 is 2.25. The van der Waals surface area contributed by atoms with Crippen molar-refractivity contribution in [1.29, 1.82) is 0 Å². The van der Waals surface area contributed by atoms with Crippen LogP contribution < -0.4 is 16.0 Å². The predicted molar refractivity (Wildman–Crippen MR) is 109 cm³/mol. The Morgan fingerprint density at radius 1 is 1.04 bits per heavy atom. The molecule has 1 aliphatic carbocycles. The van der Waals surface area contributed by atoms with E-state index in [-0.39, 0.29) is 24.3 Å². The van der Waals surface area contributed by atoms with Crippen molar-refractivity contribution in [3.8, 4) is 0 Å². The van der Waals surface area contributed by atoms with Gasteiger partial charge in [0.05, 0.1) is 6.54 Å². The van der Waals surface area contributed by atoms with Crippen molar-refractivity contribution in [3.63, 3.8) is 0 Å². The van der Waals surface area contributed by atoms with Gasteiger partial charge in [-0.1, -0.05) is 0 Å². The monoisotopic (exact) mass is 449 g/mol. The van der Waals surface area contributed by atoms with Crippen molar-refractivity contribution < 1.29 is 9.59 Å². The number of aryl methyl sites for hydroxylation is 1. The minimum atomic E-state index is -0.101. The molecule has 6 heteroatoms. The van der Waals surface area contributed by atoms with Crippen LogP contribution in [0, 0.1) is 16.4 Å². The lowest BCUT2D eigenvalue weighted by Gasteiger charge is -2.11. The van der Waals surface area contributed by atoms with E-state index in [1.807, 2.05) is 49.4 Å². The largest absolute Gasteiger partial charge is 0.376 e. The van der Waals surface area contributed by atoms with E-state index in [0.29, 0.717) is 0 Å². The molecule has 0 saturated heterocycles. The van der Waals surface area contributed by atoms with Crippen LogP contribution in [0.3, 0.4) is 0 Å². The fourth-order valence-electron chi connectivity index (χ4n) is 2.41. The molecule has 1 aliphatic rings. The summed E-state index contributed by atoms with van der Waals surface area (Å²) in [6, 6.07) is 13.3. The van der Waals surface area contributed by atoms with Gasteiger partial charge in [0.25, 0.3) is 0 Å². The quantitative estimate of drug-likeness (QED) is 0.584. The maximum Gasteiger partial charge on any atom is 0.243 e. The molecule has 0 spiro atoms. The first kappa shape index (κ1) is 17.7. The zero-order chi connectivity index (χ0) is 17.8. The van der Waals surface area contributed by atoms with Crippen molar-refractivity contribution in [2.45, 2.75) is 19.8 Å². The van der Waals surface area contributed by atoms with Crippen LogP contribution in [0.15, 0.2) is 42.5 Å². The van der Waals surface area contributed by atoms with E-state index in [1.165, 1.54) is 0 Å². The maximum atomic E-state index is 12.1. The molecule has 2 aromatic rings. The zero-order valence-electron chi connectivity index (χ0n) is 13.9. The molecule has 2 amide bonds. The summed E-state index contributed by atoms with van der Waals surface area (Å²) in [6.45, 7) is 2.15. The third kappa shape index (κ3) is 5.19. The molecule has 3 rings (SSSR count). The smallest absolute Gasteiger partial charge is 0.243 e. The van der Waals surface area contributed by atoms with Gasteiger partial charge in [0.2, 0.25) is 11.8 Å². The lowest BCUT2D eigenvalue weighted by atomic mass is 10.2. The fraction of sp³-hybridized carbons (Fsp3) is 0.263. The second kappa shape index (κ2) is 7.86. The highest BCUT2D eigenvalue weighted by Gasteiger charge is 2.29. The van der Waals surface area contributed by atoms with E-state index < -0.39 is 0 Å². The number of benzene rings is 2. The molecule has 0 heterocycles. The molecule has 0 aliphatic heterocycles. The highest BCUT2D eigenvalue weighted by molar-refractivity contribution is 14.1. The van der Waals surface area contributed by atoms with Gasteiger partial charge in [0.1, 0.15) is 0 Å². The summed E-state index contributed by atoms with van der Waals surface area (Å²) in [5.41, 5.74) is 3.47. The summed E-state index contributed by atoms with van der Waals surface area (Å²) in [5, 5.41) is 8.88. The van der Waals surface area contributed by atoms with Crippen molar-refractivity contribution in [3.05, 3.63) is 51.6 Å². The van der Waals surface area contributed by atoms with E-state index in [9.17, 15) is 9.59 Å². The molecule has 5 nitrogen and oxygen atoms in total. The van der Waals surface area contributed by atoms with Crippen LogP contribution in [-0.4, -0.2) is 18.4 Å². The first-order valence-electron chi connectivity index (χ1n) is 8.22. The first-order valence-corrected chi connectivity index (χ1v) is 9.30. The van der Waals surface area contributed by atoms with E-state index in [2.05, 4.69) is 38.5 Å². The molecular formula is C19H20IN3O2. The number of carbonyl (C=O) groups is 2. The third-order valence-corrected chi connectivity index (χ3v) is 4.69. The molecule has 1 fully saturated rings. The number of nitrogens with one attached hydrogen (secondary N) is 3. The molecule has 0 unspecified atom stereocenters. The zero-order valence-corrected chi connectivity index (χ0v) is 16.1. The third-order valence-electron chi connectivity index (χ3n) is 4.02. The molecular weight excluding hydrogens is 429 g/mol. The molecule has 1 saturated carbocycles. The standard InChI is InChI=1S/C19H20IN3O2/c1-12-10-14(20)4-9-17(12)23-18(24)11-21-15-5-7-16(8-6-15)22-19(25)13-2-3-13/h4-10,13,21H,2-3,11H2,1H3,(H,22,25)(H,23,24). The van der Waals surface area contributed by atoms with Crippen molar-refractivity contribution >= 4 is 51.5 Å². The topological polar surface area (TPSA) is 70.2 Å². The Labute approximate surface area is 160 Å².